The maximum Gasteiger partial charge on any atom is 0.123 e. The monoisotopic (exact) mass is 308 g/mol. The molecule has 1 aliphatic heterocycles. The number of nitrogens with zero attached hydrogens (tertiary/aromatic N) is 2. The first-order valence-electron chi connectivity index (χ1n) is 6.17. The first kappa shape index (κ1) is 13.4. The van der Waals surface area contributed by atoms with Gasteiger partial charge in [0, 0.05) is 22.5 Å². The van der Waals surface area contributed by atoms with Gasteiger partial charge in [-0.3, -0.25) is 4.90 Å². The van der Waals surface area contributed by atoms with Gasteiger partial charge >= 0.3 is 0 Å². The molecule has 1 saturated heterocycles. The van der Waals surface area contributed by atoms with Crippen LogP contribution in [0, 0.1) is 17.2 Å². The molecule has 3 nitrogen and oxygen atoms in total. The van der Waals surface area contributed by atoms with Crippen LogP contribution in [-0.4, -0.2) is 25.1 Å². The van der Waals surface area contributed by atoms with Crippen molar-refractivity contribution < 1.29 is 4.74 Å². The minimum absolute atomic E-state index is 0.241. The van der Waals surface area contributed by atoms with Crippen molar-refractivity contribution in [1.29, 1.82) is 5.26 Å². The maximum atomic E-state index is 8.89. The minimum Gasteiger partial charge on any atom is -0.496 e. The van der Waals surface area contributed by atoms with Gasteiger partial charge < -0.3 is 4.74 Å². The third-order valence-electron chi connectivity index (χ3n) is 3.41. The van der Waals surface area contributed by atoms with E-state index in [-0.39, 0.29) is 5.92 Å². The third-order valence-corrected chi connectivity index (χ3v) is 3.90. The van der Waals surface area contributed by atoms with Crippen LogP contribution in [0.1, 0.15) is 18.4 Å². The molecule has 1 aromatic carbocycles. The summed E-state index contributed by atoms with van der Waals surface area (Å²) in [5.41, 5.74) is 1.20. The van der Waals surface area contributed by atoms with Crippen LogP contribution in [0.4, 0.5) is 0 Å². The standard InChI is InChI=1S/C14H17BrN2O/c1-18-14-3-2-13(15)8-12(14)10-17-6-4-11(9-16)5-7-17/h2-3,8,11H,4-7,10H2,1H3. The Morgan fingerprint density at radius 2 is 2.17 bits per heavy atom. The summed E-state index contributed by atoms with van der Waals surface area (Å²) in [6.45, 7) is 2.88. The summed E-state index contributed by atoms with van der Waals surface area (Å²) in [6, 6.07) is 8.45. The SMILES string of the molecule is COc1ccc(Br)cc1CN1CCC(C#N)CC1. The Morgan fingerprint density at radius 1 is 1.44 bits per heavy atom. The molecule has 0 aliphatic carbocycles. The molecule has 2 rings (SSSR count). The molecule has 0 saturated carbocycles. The van der Waals surface area contributed by atoms with Crippen LogP contribution < -0.4 is 4.74 Å². The second-order valence-corrected chi connectivity index (χ2v) is 5.55. The van der Waals surface area contributed by atoms with Crippen LogP contribution >= 0.6 is 15.9 Å². The molecule has 1 aliphatic rings. The highest BCUT2D eigenvalue weighted by atomic mass is 79.9. The third kappa shape index (κ3) is 3.24. The number of hydrogen-bond acceptors (Lipinski definition) is 3. The number of hydrogen-bond donors (Lipinski definition) is 0. The van der Waals surface area contributed by atoms with Gasteiger partial charge in [-0.1, -0.05) is 15.9 Å². The Labute approximate surface area is 116 Å². The molecule has 4 heteroatoms. The molecular formula is C14H17BrN2O. The van der Waals surface area contributed by atoms with E-state index in [9.17, 15) is 0 Å². The van der Waals surface area contributed by atoms with E-state index in [0.717, 1.165) is 42.7 Å². The summed E-state index contributed by atoms with van der Waals surface area (Å²) in [7, 11) is 1.70. The van der Waals surface area contributed by atoms with Crippen molar-refractivity contribution in [2.45, 2.75) is 19.4 Å². The van der Waals surface area contributed by atoms with Gasteiger partial charge in [0.25, 0.3) is 0 Å². The van der Waals surface area contributed by atoms with Crippen molar-refractivity contribution in [1.82, 2.24) is 4.90 Å². The number of piperidine rings is 1. The molecular weight excluding hydrogens is 292 g/mol. The van der Waals surface area contributed by atoms with Gasteiger partial charge in [-0.05, 0) is 44.1 Å². The normalized spacial score (nSPS) is 17.4. The molecule has 0 bridgehead atoms. The lowest BCUT2D eigenvalue weighted by atomic mass is 9.98. The summed E-state index contributed by atoms with van der Waals surface area (Å²) in [5.74, 6) is 1.17. The van der Waals surface area contributed by atoms with Crippen molar-refractivity contribution in [2.75, 3.05) is 20.2 Å². The Hall–Kier alpha value is -1.05. The maximum absolute atomic E-state index is 8.89. The van der Waals surface area contributed by atoms with E-state index >= 15 is 0 Å². The summed E-state index contributed by atoms with van der Waals surface area (Å²) in [4.78, 5) is 2.39. The van der Waals surface area contributed by atoms with Crippen molar-refractivity contribution >= 4 is 15.9 Å². The van der Waals surface area contributed by atoms with Gasteiger partial charge in [0.2, 0.25) is 0 Å². The van der Waals surface area contributed by atoms with Crippen LogP contribution in [0.25, 0.3) is 0 Å². The Balaban J connectivity index is 2.02. The molecule has 0 spiro atoms. The summed E-state index contributed by atoms with van der Waals surface area (Å²) < 4.78 is 6.46. The van der Waals surface area contributed by atoms with Gasteiger partial charge in [0.1, 0.15) is 5.75 Å². The van der Waals surface area contributed by atoms with E-state index in [1.807, 2.05) is 12.1 Å². The fourth-order valence-electron chi connectivity index (χ4n) is 2.33. The highest BCUT2D eigenvalue weighted by Gasteiger charge is 2.19. The van der Waals surface area contributed by atoms with Crippen molar-refractivity contribution in [3.63, 3.8) is 0 Å². The molecule has 18 heavy (non-hydrogen) atoms. The van der Waals surface area contributed by atoms with E-state index in [4.69, 9.17) is 10.00 Å². The molecule has 0 amide bonds. The van der Waals surface area contributed by atoms with Crippen LogP contribution in [0.5, 0.6) is 5.75 Å². The van der Waals surface area contributed by atoms with Gasteiger partial charge in [0.05, 0.1) is 13.2 Å². The Bertz CT molecular complexity index is 448. The number of halogens is 1. The van der Waals surface area contributed by atoms with E-state index in [2.05, 4.69) is 33.0 Å². The molecule has 96 valence electrons. The highest BCUT2D eigenvalue weighted by molar-refractivity contribution is 9.10. The summed E-state index contributed by atoms with van der Waals surface area (Å²) >= 11 is 3.49. The number of rotatable bonds is 3. The second-order valence-electron chi connectivity index (χ2n) is 4.64. The zero-order valence-electron chi connectivity index (χ0n) is 10.5. The molecule has 0 radical (unpaired) electrons. The van der Waals surface area contributed by atoms with Gasteiger partial charge in [0.15, 0.2) is 0 Å². The summed E-state index contributed by atoms with van der Waals surface area (Å²) in [5, 5.41) is 8.89. The van der Waals surface area contributed by atoms with Crippen molar-refractivity contribution in [3.05, 3.63) is 28.2 Å². The van der Waals surface area contributed by atoms with Crippen LogP contribution in [-0.2, 0) is 6.54 Å². The molecule has 0 unspecified atom stereocenters. The van der Waals surface area contributed by atoms with Crippen LogP contribution in [0.3, 0.4) is 0 Å². The second kappa shape index (κ2) is 6.21. The highest BCUT2D eigenvalue weighted by Crippen LogP contribution is 2.26. The predicted octanol–water partition coefficient (Wildman–Crippen LogP) is 3.19. The van der Waals surface area contributed by atoms with Gasteiger partial charge in [-0.2, -0.15) is 5.26 Å². The van der Waals surface area contributed by atoms with Crippen LogP contribution in [0.15, 0.2) is 22.7 Å². The molecule has 1 aromatic rings. The van der Waals surface area contributed by atoms with Crippen LogP contribution in [0.2, 0.25) is 0 Å². The fourth-order valence-corrected chi connectivity index (χ4v) is 2.74. The average molecular weight is 309 g/mol. The number of ether oxygens (including phenoxy) is 1. The molecule has 0 atom stereocenters. The number of likely N-dealkylation sites (tertiary alicyclic amines) is 1. The van der Waals surface area contributed by atoms with E-state index in [1.54, 1.807) is 7.11 Å². The molecule has 1 heterocycles. The Morgan fingerprint density at radius 3 is 2.78 bits per heavy atom. The quantitative estimate of drug-likeness (QED) is 0.860. The van der Waals surface area contributed by atoms with Gasteiger partial charge in [-0.15, -0.1) is 0 Å². The van der Waals surface area contributed by atoms with Crippen molar-refractivity contribution in [2.24, 2.45) is 5.92 Å². The number of methoxy groups -OCH3 is 1. The zero-order chi connectivity index (χ0) is 13.0. The first-order valence-corrected chi connectivity index (χ1v) is 6.96. The lowest BCUT2D eigenvalue weighted by Crippen LogP contribution is -2.32. The molecule has 1 fully saturated rings. The lowest BCUT2D eigenvalue weighted by molar-refractivity contribution is 0.196. The fraction of sp³-hybridized carbons (Fsp3) is 0.500. The largest absolute Gasteiger partial charge is 0.496 e. The Kier molecular flexibility index (Phi) is 4.62. The van der Waals surface area contributed by atoms with Crippen molar-refractivity contribution in [3.8, 4) is 11.8 Å². The van der Waals surface area contributed by atoms with E-state index in [0.29, 0.717) is 0 Å². The smallest absolute Gasteiger partial charge is 0.123 e. The minimum atomic E-state index is 0.241. The number of nitriles is 1. The lowest BCUT2D eigenvalue weighted by Gasteiger charge is -2.29. The summed E-state index contributed by atoms with van der Waals surface area (Å²) in [6.07, 6.45) is 1.96. The number of benzene rings is 1. The van der Waals surface area contributed by atoms with E-state index in [1.165, 1.54) is 5.56 Å². The molecule has 0 N–H and O–H groups in total. The van der Waals surface area contributed by atoms with E-state index < -0.39 is 0 Å². The zero-order valence-corrected chi connectivity index (χ0v) is 12.1. The van der Waals surface area contributed by atoms with Gasteiger partial charge in [-0.25, -0.2) is 0 Å². The topological polar surface area (TPSA) is 36.3 Å². The average Bonchev–Trinajstić information content (AvgIpc) is 2.40. The molecule has 0 aromatic heterocycles. The predicted molar refractivity (Wildman–Crippen MR) is 74.3 cm³/mol. The first-order chi connectivity index (χ1) is 8.72.